The van der Waals surface area contributed by atoms with Crippen LogP contribution in [0, 0.1) is 11.6 Å². The Morgan fingerprint density at radius 2 is 1.93 bits per heavy atom. The number of aromatic nitrogens is 3. The van der Waals surface area contributed by atoms with Gasteiger partial charge < -0.3 is 5.32 Å². The van der Waals surface area contributed by atoms with E-state index >= 15 is 0 Å². The number of carbonyl (C=O) groups is 1. The number of halogens is 2. The van der Waals surface area contributed by atoms with Gasteiger partial charge >= 0.3 is 5.69 Å². The Morgan fingerprint density at radius 1 is 1.28 bits per heavy atom. The third-order valence-electron chi connectivity index (χ3n) is 4.86. The summed E-state index contributed by atoms with van der Waals surface area (Å²) in [5, 5.41) is 6.50. The summed E-state index contributed by atoms with van der Waals surface area (Å²) in [6, 6.07) is 2.74. The van der Waals surface area contributed by atoms with E-state index in [1.165, 1.54) is 15.9 Å². The first-order valence-corrected chi connectivity index (χ1v) is 10.7. The lowest BCUT2D eigenvalue weighted by Gasteiger charge is -2.29. The molecule has 1 fully saturated rings. The van der Waals surface area contributed by atoms with Crippen LogP contribution in [0.25, 0.3) is 0 Å². The fraction of sp³-hybridized carbons (Fsp3) is 0.471. The van der Waals surface area contributed by atoms with Crippen molar-refractivity contribution in [3.63, 3.8) is 0 Å². The molecule has 0 unspecified atom stereocenters. The fourth-order valence-corrected chi connectivity index (χ4v) is 4.20. The van der Waals surface area contributed by atoms with Gasteiger partial charge in [0.15, 0.2) is 0 Å². The molecule has 1 N–H and O–H groups in total. The van der Waals surface area contributed by atoms with Gasteiger partial charge in [-0.1, -0.05) is 0 Å². The highest BCUT2D eigenvalue weighted by Gasteiger charge is 2.29. The van der Waals surface area contributed by atoms with Crippen molar-refractivity contribution in [2.75, 3.05) is 24.7 Å². The van der Waals surface area contributed by atoms with Crippen LogP contribution in [0.4, 0.5) is 14.5 Å². The van der Waals surface area contributed by atoms with E-state index < -0.39 is 39.8 Å². The van der Waals surface area contributed by atoms with Crippen molar-refractivity contribution in [3.8, 4) is 0 Å². The molecule has 1 aliphatic heterocycles. The number of piperidine rings is 1. The average molecular weight is 429 g/mol. The molecule has 1 aromatic carbocycles. The smallest absolute Gasteiger partial charge is 0.322 e. The average Bonchev–Trinajstić information content (AvgIpc) is 2.92. The Bertz CT molecular complexity index is 1090. The number of amides is 1. The van der Waals surface area contributed by atoms with Crippen molar-refractivity contribution in [3.05, 3.63) is 46.1 Å². The van der Waals surface area contributed by atoms with Crippen molar-refractivity contribution < 1.29 is 22.0 Å². The van der Waals surface area contributed by atoms with Crippen molar-refractivity contribution in [2.45, 2.75) is 25.3 Å². The zero-order valence-corrected chi connectivity index (χ0v) is 16.7. The summed E-state index contributed by atoms with van der Waals surface area (Å²) >= 11 is 0. The first-order valence-electron chi connectivity index (χ1n) is 8.90. The quantitative estimate of drug-likeness (QED) is 0.751. The van der Waals surface area contributed by atoms with Crippen molar-refractivity contribution in [2.24, 2.45) is 7.05 Å². The molecule has 1 aliphatic rings. The van der Waals surface area contributed by atoms with E-state index in [2.05, 4.69) is 10.4 Å². The van der Waals surface area contributed by atoms with Crippen LogP contribution in [0.2, 0.25) is 0 Å². The predicted molar refractivity (Wildman–Crippen MR) is 101 cm³/mol. The molecule has 1 amide bonds. The van der Waals surface area contributed by atoms with Gasteiger partial charge in [-0.3, -0.25) is 9.36 Å². The largest absolute Gasteiger partial charge is 0.346 e. The third kappa shape index (κ3) is 4.70. The molecule has 12 heteroatoms. The molecule has 1 saturated heterocycles. The number of rotatable bonds is 5. The van der Waals surface area contributed by atoms with E-state index in [9.17, 15) is 26.8 Å². The summed E-state index contributed by atoms with van der Waals surface area (Å²) < 4.78 is 53.5. The number of nitrogens with one attached hydrogen (secondary N) is 1. The summed E-state index contributed by atoms with van der Waals surface area (Å²) in [6.07, 6.45) is 2.16. The SMILES string of the molecule is Cn1c(C2CCN(S(C)(=O)=O)CC2)nn(CC(=O)Nc2ccc(F)cc2F)c1=O. The lowest BCUT2D eigenvalue weighted by Crippen LogP contribution is -2.37. The number of carbonyl (C=O) groups excluding carboxylic acids is 1. The highest BCUT2D eigenvalue weighted by molar-refractivity contribution is 7.88. The molecule has 0 radical (unpaired) electrons. The maximum atomic E-state index is 13.7. The number of sulfonamides is 1. The third-order valence-corrected chi connectivity index (χ3v) is 6.16. The van der Waals surface area contributed by atoms with E-state index in [4.69, 9.17) is 0 Å². The lowest BCUT2D eigenvalue weighted by molar-refractivity contribution is -0.117. The first-order chi connectivity index (χ1) is 13.6. The van der Waals surface area contributed by atoms with E-state index in [1.807, 2.05) is 0 Å². The maximum absolute atomic E-state index is 13.7. The second-order valence-corrected chi connectivity index (χ2v) is 8.95. The standard InChI is InChI=1S/C17H21F2N5O4S/c1-22-16(11-5-7-23(8-6-11)29(2,27)28)21-24(17(22)26)10-15(25)20-14-4-3-12(18)9-13(14)19/h3-4,9,11H,5-8,10H2,1-2H3,(H,20,25). The van der Waals surface area contributed by atoms with Gasteiger partial charge in [0.25, 0.3) is 0 Å². The molecule has 2 aromatic rings. The minimum atomic E-state index is -3.26. The van der Waals surface area contributed by atoms with Crippen LogP contribution in [-0.4, -0.2) is 52.3 Å². The Balaban J connectivity index is 1.70. The van der Waals surface area contributed by atoms with E-state index in [1.54, 1.807) is 0 Å². The molecule has 1 aromatic heterocycles. The molecule has 3 rings (SSSR count). The number of hydrogen-bond acceptors (Lipinski definition) is 5. The Morgan fingerprint density at radius 3 is 2.52 bits per heavy atom. The molecule has 158 valence electrons. The molecule has 0 aliphatic carbocycles. The van der Waals surface area contributed by atoms with Crippen LogP contribution in [0.5, 0.6) is 0 Å². The Hall–Kier alpha value is -2.60. The molecule has 9 nitrogen and oxygen atoms in total. The molecule has 0 saturated carbocycles. The lowest BCUT2D eigenvalue weighted by atomic mass is 9.97. The normalized spacial score (nSPS) is 16.1. The number of anilines is 1. The topological polar surface area (TPSA) is 106 Å². The minimum Gasteiger partial charge on any atom is -0.322 e. The van der Waals surface area contributed by atoms with Gasteiger partial charge in [-0.25, -0.2) is 31.0 Å². The Labute approximate surface area is 166 Å². The second-order valence-electron chi connectivity index (χ2n) is 6.97. The van der Waals surface area contributed by atoms with Crippen LogP contribution < -0.4 is 11.0 Å². The van der Waals surface area contributed by atoms with E-state index in [0.717, 1.165) is 23.1 Å². The number of benzene rings is 1. The number of hydrogen-bond donors (Lipinski definition) is 1. The predicted octanol–water partition coefficient (Wildman–Crippen LogP) is 0.638. The highest BCUT2D eigenvalue weighted by atomic mass is 32.2. The summed E-state index contributed by atoms with van der Waals surface area (Å²) in [4.78, 5) is 24.6. The van der Waals surface area contributed by atoms with Crippen molar-refractivity contribution in [1.82, 2.24) is 18.7 Å². The van der Waals surface area contributed by atoms with Gasteiger partial charge in [-0.2, -0.15) is 5.10 Å². The zero-order chi connectivity index (χ0) is 21.3. The molecule has 29 heavy (non-hydrogen) atoms. The van der Waals surface area contributed by atoms with Crippen LogP contribution >= 0.6 is 0 Å². The zero-order valence-electron chi connectivity index (χ0n) is 15.9. The van der Waals surface area contributed by atoms with Crippen LogP contribution in [-0.2, 0) is 28.4 Å². The van der Waals surface area contributed by atoms with E-state index in [-0.39, 0.29) is 11.6 Å². The monoisotopic (exact) mass is 429 g/mol. The van der Waals surface area contributed by atoms with Gasteiger partial charge in [-0.15, -0.1) is 0 Å². The molecular weight excluding hydrogens is 408 g/mol. The molecule has 0 spiro atoms. The molecule has 0 bridgehead atoms. The van der Waals surface area contributed by atoms with Crippen molar-refractivity contribution in [1.29, 1.82) is 0 Å². The summed E-state index contributed by atoms with van der Waals surface area (Å²) in [5.41, 5.74) is -0.714. The minimum absolute atomic E-state index is 0.121. The van der Waals surface area contributed by atoms with Crippen molar-refractivity contribution >= 4 is 21.6 Å². The van der Waals surface area contributed by atoms with Gasteiger partial charge in [0, 0.05) is 32.1 Å². The Kier molecular flexibility index (Phi) is 5.85. The van der Waals surface area contributed by atoms with Crippen LogP contribution in [0.1, 0.15) is 24.6 Å². The van der Waals surface area contributed by atoms with Gasteiger partial charge in [0.1, 0.15) is 24.0 Å². The maximum Gasteiger partial charge on any atom is 0.346 e. The summed E-state index contributed by atoms with van der Waals surface area (Å²) in [7, 11) is -1.73. The van der Waals surface area contributed by atoms with E-state index in [0.29, 0.717) is 37.8 Å². The molecule has 2 heterocycles. The first kappa shape index (κ1) is 21.1. The van der Waals surface area contributed by atoms with Gasteiger partial charge in [0.2, 0.25) is 15.9 Å². The van der Waals surface area contributed by atoms with Crippen LogP contribution in [0.15, 0.2) is 23.0 Å². The molecule has 0 atom stereocenters. The molecular formula is C17H21F2N5O4S. The fourth-order valence-electron chi connectivity index (χ4n) is 3.33. The number of nitrogens with zero attached hydrogens (tertiary/aromatic N) is 4. The highest BCUT2D eigenvalue weighted by Crippen LogP contribution is 2.26. The van der Waals surface area contributed by atoms with Gasteiger partial charge in [0.05, 0.1) is 11.9 Å². The second kappa shape index (κ2) is 8.03. The summed E-state index contributed by atoms with van der Waals surface area (Å²) in [5.74, 6) is -2.04. The summed E-state index contributed by atoms with van der Waals surface area (Å²) in [6.45, 7) is 0.218. The van der Waals surface area contributed by atoms with Gasteiger partial charge in [-0.05, 0) is 25.0 Å². The van der Waals surface area contributed by atoms with Crippen LogP contribution in [0.3, 0.4) is 0 Å².